The third-order valence-corrected chi connectivity index (χ3v) is 5.63. The Labute approximate surface area is 128 Å². The Balaban J connectivity index is 2.28. The summed E-state index contributed by atoms with van der Waals surface area (Å²) in [6.07, 6.45) is 5.04. The normalized spacial score (nSPS) is 19.0. The molecule has 0 heterocycles. The summed E-state index contributed by atoms with van der Waals surface area (Å²) in [5, 5.41) is 9.45. The molecule has 0 amide bonds. The van der Waals surface area contributed by atoms with Gasteiger partial charge in [-0.25, -0.2) is 8.42 Å². The van der Waals surface area contributed by atoms with Crippen LogP contribution in [0.2, 0.25) is 0 Å². The van der Waals surface area contributed by atoms with E-state index in [1.54, 1.807) is 18.2 Å². The van der Waals surface area contributed by atoms with Crippen LogP contribution in [0.5, 0.6) is 0 Å². The molecule has 0 aliphatic heterocycles. The number of rotatable bonds is 3. The molecule has 4 nitrogen and oxygen atoms in total. The highest BCUT2D eigenvalue weighted by Crippen LogP contribution is 2.28. The first-order chi connectivity index (χ1) is 9.47. The molecule has 108 valence electrons. The van der Waals surface area contributed by atoms with Gasteiger partial charge in [0.15, 0.2) is 0 Å². The van der Waals surface area contributed by atoms with Crippen molar-refractivity contribution >= 4 is 26.0 Å². The van der Waals surface area contributed by atoms with Crippen molar-refractivity contribution in [1.82, 2.24) is 4.72 Å². The van der Waals surface area contributed by atoms with Gasteiger partial charge in [0.05, 0.1) is 11.0 Å². The maximum atomic E-state index is 12.4. The quantitative estimate of drug-likeness (QED) is 0.844. The Bertz CT molecular complexity index is 614. The summed E-state index contributed by atoms with van der Waals surface area (Å²) in [7, 11) is -3.67. The lowest BCUT2D eigenvalue weighted by molar-refractivity contribution is 0.422. The maximum absolute atomic E-state index is 12.4. The van der Waals surface area contributed by atoms with E-state index in [2.05, 4.69) is 26.7 Å². The van der Waals surface area contributed by atoms with Gasteiger partial charge >= 0.3 is 0 Å². The molecule has 1 aliphatic rings. The SMILES string of the molecule is N#CC1(NS(=O)(=O)c2cccc(Br)c2)CCCCCC1. The standard InChI is InChI=1S/C14H17BrN2O2S/c15-12-6-5-7-13(10-12)20(18,19)17-14(11-16)8-3-1-2-4-9-14/h5-7,10,17H,1-4,8-9H2. The topological polar surface area (TPSA) is 70.0 Å². The van der Waals surface area contributed by atoms with Crippen LogP contribution >= 0.6 is 15.9 Å². The van der Waals surface area contributed by atoms with Gasteiger partial charge in [0.2, 0.25) is 10.0 Å². The van der Waals surface area contributed by atoms with Gasteiger partial charge in [-0.1, -0.05) is 47.7 Å². The van der Waals surface area contributed by atoms with Crippen molar-refractivity contribution in [2.75, 3.05) is 0 Å². The highest BCUT2D eigenvalue weighted by molar-refractivity contribution is 9.10. The molecule has 0 bridgehead atoms. The van der Waals surface area contributed by atoms with E-state index in [1.807, 2.05) is 0 Å². The monoisotopic (exact) mass is 356 g/mol. The number of sulfonamides is 1. The van der Waals surface area contributed by atoms with Crippen LogP contribution in [0.25, 0.3) is 0 Å². The Kier molecular flexibility index (Phi) is 4.84. The second-order valence-electron chi connectivity index (χ2n) is 5.17. The van der Waals surface area contributed by atoms with Crippen LogP contribution in [0.4, 0.5) is 0 Å². The van der Waals surface area contributed by atoms with Crippen molar-refractivity contribution in [3.05, 3.63) is 28.7 Å². The molecule has 0 saturated heterocycles. The second-order valence-corrected chi connectivity index (χ2v) is 7.77. The van der Waals surface area contributed by atoms with Gasteiger partial charge in [-0.3, -0.25) is 0 Å². The van der Waals surface area contributed by atoms with E-state index in [0.717, 1.165) is 25.7 Å². The molecule has 0 unspecified atom stereocenters. The zero-order valence-corrected chi connectivity index (χ0v) is 13.5. The van der Waals surface area contributed by atoms with E-state index >= 15 is 0 Å². The number of nitrogens with one attached hydrogen (secondary N) is 1. The Morgan fingerprint density at radius 1 is 1.20 bits per heavy atom. The van der Waals surface area contributed by atoms with Crippen molar-refractivity contribution < 1.29 is 8.42 Å². The fourth-order valence-electron chi connectivity index (χ4n) is 2.52. The molecular weight excluding hydrogens is 340 g/mol. The van der Waals surface area contributed by atoms with Crippen LogP contribution in [0.15, 0.2) is 33.6 Å². The average molecular weight is 357 g/mol. The van der Waals surface area contributed by atoms with Crippen LogP contribution in [0.3, 0.4) is 0 Å². The highest BCUT2D eigenvalue weighted by atomic mass is 79.9. The summed E-state index contributed by atoms with van der Waals surface area (Å²) in [6, 6.07) is 8.72. The molecule has 1 saturated carbocycles. The van der Waals surface area contributed by atoms with E-state index < -0.39 is 15.6 Å². The molecule has 0 aromatic heterocycles. The van der Waals surface area contributed by atoms with Gasteiger partial charge in [-0.05, 0) is 31.0 Å². The summed E-state index contributed by atoms with van der Waals surface area (Å²) in [5.41, 5.74) is -0.961. The average Bonchev–Trinajstić information content (AvgIpc) is 2.64. The minimum atomic E-state index is -3.67. The van der Waals surface area contributed by atoms with E-state index in [-0.39, 0.29) is 4.90 Å². The van der Waals surface area contributed by atoms with Crippen LogP contribution in [0.1, 0.15) is 38.5 Å². The molecule has 1 aromatic carbocycles. The van der Waals surface area contributed by atoms with E-state index in [0.29, 0.717) is 17.3 Å². The van der Waals surface area contributed by atoms with E-state index in [1.165, 1.54) is 6.07 Å². The first-order valence-corrected chi connectivity index (χ1v) is 8.96. The minimum Gasteiger partial charge on any atom is -0.207 e. The molecule has 2 rings (SSSR count). The molecule has 1 aliphatic carbocycles. The first-order valence-electron chi connectivity index (χ1n) is 6.68. The summed E-state index contributed by atoms with van der Waals surface area (Å²) < 4.78 is 28.2. The van der Waals surface area contributed by atoms with Gasteiger partial charge in [0.1, 0.15) is 5.54 Å². The zero-order chi connectivity index (χ0) is 14.6. The Morgan fingerprint density at radius 2 is 1.85 bits per heavy atom. The second kappa shape index (κ2) is 6.25. The number of nitrogens with zero attached hydrogens (tertiary/aromatic N) is 1. The highest BCUT2D eigenvalue weighted by Gasteiger charge is 2.35. The molecule has 20 heavy (non-hydrogen) atoms. The first kappa shape index (κ1) is 15.5. The largest absolute Gasteiger partial charge is 0.241 e. The van der Waals surface area contributed by atoms with Gasteiger partial charge < -0.3 is 0 Å². The smallest absolute Gasteiger partial charge is 0.207 e. The van der Waals surface area contributed by atoms with Crippen LogP contribution < -0.4 is 4.72 Å². The lowest BCUT2D eigenvalue weighted by Gasteiger charge is -2.26. The molecule has 1 fully saturated rings. The summed E-state index contributed by atoms with van der Waals surface area (Å²) in [5.74, 6) is 0. The van der Waals surface area contributed by atoms with Crippen molar-refractivity contribution in [2.24, 2.45) is 0 Å². The van der Waals surface area contributed by atoms with Gasteiger partial charge in [-0.15, -0.1) is 0 Å². The molecule has 6 heteroatoms. The third kappa shape index (κ3) is 3.60. The van der Waals surface area contributed by atoms with Gasteiger partial charge in [0, 0.05) is 4.47 Å². The molecular formula is C14H17BrN2O2S. The number of hydrogen-bond acceptors (Lipinski definition) is 3. The van der Waals surface area contributed by atoms with E-state index in [9.17, 15) is 13.7 Å². The van der Waals surface area contributed by atoms with Crippen molar-refractivity contribution in [3.8, 4) is 6.07 Å². The summed E-state index contributed by atoms with van der Waals surface area (Å²) >= 11 is 3.27. The predicted octanol–water partition coefficient (Wildman–Crippen LogP) is 3.34. The fraction of sp³-hybridized carbons (Fsp3) is 0.500. The fourth-order valence-corrected chi connectivity index (χ4v) is 4.49. The van der Waals surface area contributed by atoms with Gasteiger partial charge in [0.25, 0.3) is 0 Å². The predicted molar refractivity (Wildman–Crippen MR) is 80.5 cm³/mol. The summed E-state index contributed by atoms with van der Waals surface area (Å²) in [4.78, 5) is 0.186. The maximum Gasteiger partial charge on any atom is 0.241 e. The molecule has 0 spiro atoms. The third-order valence-electron chi connectivity index (χ3n) is 3.61. The Hall–Kier alpha value is -0.900. The zero-order valence-electron chi connectivity index (χ0n) is 11.1. The van der Waals surface area contributed by atoms with E-state index in [4.69, 9.17) is 0 Å². The molecule has 0 radical (unpaired) electrons. The van der Waals surface area contributed by atoms with Crippen LogP contribution in [-0.4, -0.2) is 14.0 Å². The Morgan fingerprint density at radius 3 is 2.40 bits per heavy atom. The van der Waals surface area contributed by atoms with Gasteiger partial charge in [-0.2, -0.15) is 9.98 Å². The van der Waals surface area contributed by atoms with Crippen molar-refractivity contribution in [2.45, 2.75) is 49.0 Å². The minimum absolute atomic E-state index is 0.186. The summed E-state index contributed by atoms with van der Waals surface area (Å²) in [6.45, 7) is 0. The lowest BCUT2D eigenvalue weighted by Crippen LogP contribution is -2.46. The number of nitriles is 1. The molecule has 1 aromatic rings. The van der Waals surface area contributed by atoms with Crippen molar-refractivity contribution in [3.63, 3.8) is 0 Å². The lowest BCUT2D eigenvalue weighted by atomic mass is 9.94. The molecule has 1 N–H and O–H groups in total. The number of hydrogen-bond donors (Lipinski definition) is 1. The number of benzene rings is 1. The van der Waals surface area contributed by atoms with Crippen LogP contribution in [0, 0.1) is 11.3 Å². The number of halogens is 1. The van der Waals surface area contributed by atoms with Crippen molar-refractivity contribution in [1.29, 1.82) is 5.26 Å². The van der Waals surface area contributed by atoms with Crippen LogP contribution in [-0.2, 0) is 10.0 Å². The molecule has 0 atom stereocenters.